The highest BCUT2D eigenvalue weighted by atomic mass is 32.1. The van der Waals surface area contributed by atoms with Crippen molar-refractivity contribution in [2.45, 2.75) is 33.8 Å². The van der Waals surface area contributed by atoms with Crippen LogP contribution >= 0.6 is 11.3 Å². The molecule has 0 fully saturated rings. The number of rotatable bonds is 2. The number of aryl methyl sites for hydroxylation is 1. The minimum Gasteiger partial charge on any atom is -0.388 e. The first kappa shape index (κ1) is 9.75. The Morgan fingerprint density at radius 2 is 1.92 bits per heavy atom. The number of thiophene rings is 1. The van der Waals surface area contributed by atoms with Gasteiger partial charge in [-0.15, -0.1) is 11.3 Å². The van der Waals surface area contributed by atoms with Crippen LogP contribution in [0.3, 0.4) is 0 Å². The van der Waals surface area contributed by atoms with Gasteiger partial charge in [0.15, 0.2) is 0 Å². The van der Waals surface area contributed by atoms with Gasteiger partial charge < -0.3 is 5.11 Å². The molecule has 0 amide bonds. The maximum absolute atomic E-state index is 9.80. The molecule has 0 spiro atoms. The summed E-state index contributed by atoms with van der Waals surface area (Å²) in [5, 5.41) is 11.9. The van der Waals surface area contributed by atoms with Gasteiger partial charge in [0.1, 0.15) is 0 Å². The van der Waals surface area contributed by atoms with E-state index in [4.69, 9.17) is 0 Å². The van der Waals surface area contributed by atoms with Crippen LogP contribution in [0.4, 0.5) is 0 Å². The summed E-state index contributed by atoms with van der Waals surface area (Å²) in [5.41, 5.74) is 2.36. The number of hydrogen-bond acceptors (Lipinski definition) is 2. The van der Waals surface area contributed by atoms with Crippen LogP contribution in [0, 0.1) is 19.8 Å². The Kier molecular flexibility index (Phi) is 2.91. The highest BCUT2D eigenvalue weighted by molar-refractivity contribution is 7.10. The van der Waals surface area contributed by atoms with E-state index in [9.17, 15) is 5.11 Å². The van der Waals surface area contributed by atoms with E-state index in [1.54, 1.807) is 11.3 Å². The second kappa shape index (κ2) is 3.58. The van der Waals surface area contributed by atoms with Crippen LogP contribution < -0.4 is 0 Å². The first-order valence-electron chi connectivity index (χ1n) is 4.26. The Hall–Kier alpha value is -0.340. The molecular weight excluding hydrogens is 168 g/mol. The lowest BCUT2D eigenvalue weighted by molar-refractivity contribution is 0.126. The summed E-state index contributed by atoms with van der Waals surface area (Å²) >= 11 is 1.72. The predicted molar refractivity (Wildman–Crippen MR) is 53.6 cm³/mol. The lowest BCUT2D eigenvalue weighted by Crippen LogP contribution is -2.05. The smallest absolute Gasteiger partial charge is 0.0823 e. The molecule has 2 heteroatoms. The van der Waals surface area contributed by atoms with Gasteiger partial charge in [0.05, 0.1) is 6.10 Å². The van der Waals surface area contributed by atoms with E-state index in [1.807, 2.05) is 13.8 Å². The van der Waals surface area contributed by atoms with E-state index in [2.05, 4.69) is 19.2 Å². The van der Waals surface area contributed by atoms with Gasteiger partial charge in [-0.2, -0.15) is 0 Å². The third kappa shape index (κ3) is 1.70. The van der Waals surface area contributed by atoms with Gasteiger partial charge >= 0.3 is 0 Å². The van der Waals surface area contributed by atoms with Gasteiger partial charge in [0, 0.05) is 4.88 Å². The van der Waals surface area contributed by atoms with Crippen LogP contribution in [-0.2, 0) is 0 Å². The maximum Gasteiger partial charge on any atom is 0.0823 e. The van der Waals surface area contributed by atoms with Crippen molar-refractivity contribution < 1.29 is 5.11 Å². The summed E-state index contributed by atoms with van der Waals surface area (Å²) < 4.78 is 0. The normalized spacial score (nSPS) is 13.8. The second-order valence-electron chi connectivity index (χ2n) is 3.56. The summed E-state index contributed by atoms with van der Waals surface area (Å²) in [5.74, 6) is 0.303. The van der Waals surface area contributed by atoms with Crippen LogP contribution in [0.2, 0.25) is 0 Å². The van der Waals surface area contributed by atoms with E-state index in [-0.39, 0.29) is 6.10 Å². The van der Waals surface area contributed by atoms with Gasteiger partial charge in [-0.3, -0.25) is 0 Å². The molecule has 1 aromatic heterocycles. The fourth-order valence-corrected chi connectivity index (χ4v) is 2.10. The molecule has 1 heterocycles. The average Bonchev–Trinajstić information content (AvgIpc) is 2.32. The summed E-state index contributed by atoms with van der Waals surface area (Å²) in [6.07, 6.45) is -0.296. The first-order valence-corrected chi connectivity index (χ1v) is 5.14. The van der Waals surface area contributed by atoms with E-state index >= 15 is 0 Å². The standard InChI is InChI=1S/C10H16OS/c1-6(2)10(11)9-5-12-8(4)7(9)3/h5-6,10-11H,1-4H3. The summed E-state index contributed by atoms with van der Waals surface area (Å²) in [4.78, 5) is 1.31. The summed E-state index contributed by atoms with van der Waals surface area (Å²) in [6.45, 7) is 8.25. The Morgan fingerprint density at radius 1 is 1.33 bits per heavy atom. The number of aliphatic hydroxyl groups excluding tert-OH is 1. The van der Waals surface area contributed by atoms with Crippen molar-refractivity contribution in [3.05, 3.63) is 21.4 Å². The van der Waals surface area contributed by atoms with Crippen molar-refractivity contribution in [3.63, 3.8) is 0 Å². The van der Waals surface area contributed by atoms with Crippen LogP contribution in [0.1, 0.15) is 36.0 Å². The quantitative estimate of drug-likeness (QED) is 0.749. The molecule has 1 unspecified atom stereocenters. The average molecular weight is 184 g/mol. The third-order valence-corrected chi connectivity index (χ3v) is 3.31. The van der Waals surface area contributed by atoms with Crippen molar-refractivity contribution >= 4 is 11.3 Å². The van der Waals surface area contributed by atoms with Crippen molar-refractivity contribution in [3.8, 4) is 0 Å². The lowest BCUT2D eigenvalue weighted by Gasteiger charge is -2.14. The molecule has 0 aliphatic heterocycles. The fourth-order valence-electron chi connectivity index (χ4n) is 1.18. The van der Waals surface area contributed by atoms with Gasteiger partial charge in [0.2, 0.25) is 0 Å². The molecule has 0 bridgehead atoms. The first-order chi connectivity index (χ1) is 5.54. The number of hydrogen-bond donors (Lipinski definition) is 1. The fraction of sp³-hybridized carbons (Fsp3) is 0.600. The highest BCUT2D eigenvalue weighted by Gasteiger charge is 2.16. The van der Waals surface area contributed by atoms with Crippen molar-refractivity contribution in [2.24, 2.45) is 5.92 Å². The third-order valence-electron chi connectivity index (χ3n) is 2.27. The Morgan fingerprint density at radius 3 is 2.25 bits per heavy atom. The van der Waals surface area contributed by atoms with E-state index in [0.29, 0.717) is 5.92 Å². The van der Waals surface area contributed by atoms with Gasteiger partial charge in [-0.1, -0.05) is 13.8 Å². The lowest BCUT2D eigenvalue weighted by atomic mass is 9.98. The molecule has 1 aromatic rings. The molecule has 0 aromatic carbocycles. The summed E-state index contributed by atoms with van der Waals surface area (Å²) in [7, 11) is 0. The van der Waals surface area contributed by atoms with Crippen molar-refractivity contribution in [2.75, 3.05) is 0 Å². The van der Waals surface area contributed by atoms with Crippen molar-refractivity contribution in [1.82, 2.24) is 0 Å². The molecule has 1 atom stereocenters. The van der Waals surface area contributed by atoms with Crippen molar-refractivity contribution in [1.29, 1.82) is 0 Å². The Bertz CT molecular complexity index is 263. The Balaban J connectivity index is 2.95. The second-order valence-corrected chi connectivity index (χ2v) is 4.64. The minimum atomic E-state index is -0.296. The van der Waals surface area contributed by atoms with Crippen LogP contribution in [0.15, 0.2) is 5.38 Å². The topological polar surface area (TPSA) is 20.2 Å². The van der Waals surface area contributed by atoms with E-state index in [0.717, 1.165) is 5.56 Å². The molecule has 0 aliphatic rings. The molecule has 0 saturated carbocycles. The van der Waals surface area contributed by atoms with Crippen LogP contribution in [0.25, 0.3) is 0 Å². The molecule has 1 nitrogen and oxygen atoms in total. The maximum atomic E-state index is 9.80. The molecule has 0 radical (unpaired) electrons. The van der Waals surface area contributed by atoms with Gasteiger partial charge in [-0.25, -0.2) is 0 Å². The zero-order valence-electron chi connectivity index (χ0n) is 8.09. The van der Waals surface area contributed by atoms with Crippen LogP contribution in [-0.4, -0.2) is 5.11 Å². The molecule has 0 saturated heterocycles. The van der Waals surface area contributed by atoms with Gasteiger partial charge in [-0.05, 0) is 36.3 Å². The zero-order valence-corrected chi connectivity index (χ0v) is 8.90. The zero-order chi connectivity index (χ0) is 9.30. The molecule has 12 heavy (non-hydrogen) atoms. The molecule has 1 rings (SSSR count). The largest absolute Gasteiger partial charge is 0.388 e. The van der Waals surface area contributed by atoms with E-state index in [1.165, 1.54) is 10.4 Å². The SMILES string of the molecule is Cc1scc(C(O)C(C)C)c1C. The molecule has 0 aliphatic carbocycles. The van der Waals surface area contributed by atoms with Gasteiger partial charge in [0.25, 0.3) is 0 Å². The highest BCUT2D eigenvalue weighted by Crippen LogP contribution is 2.30. The molecule has 68 valence electrons. The predicted octanol–water partition coefficient (Wildman–Crippen LogP) is 3.05. The minimum absolute atomic E-state index is 0.296. The summed E-state index contributed by atoms with van der Waals surface area (Å²) in [6, 6.07) is 0. The molecular formula is C10H16OS. The molecule has 1 N–H and O–H groups in total. The monoisotopic (exact) mass is 184 g/mol. The van der Waals surface area contributed by atoms with E-state index < -0.39 is 0 Å². The van der Waals surface area contributed by atoms with Crippen LogP contribution in [0.5, 0.6) is 0 Å². The number of aliphatic hydroxyl groups is 1. The Labute approximate surface area is 78.1 Å².